The average Bonchev–Trinajstić information content (AvgIpc) is 2.69. The molecular weight excluding hydrogens is 355 g/mol. The SMILES string of the molecule is CCc1ccccc1NC(=O)c1cc(NCCc2ccc(F)cc2)nc(C)n1. The van der Waals surface area contributed by atoms with Crippen LogP contribution in [0.5, 0.6) is 0 Å². The number of carbonyl (C=O) groups excluding carboxylic acids is 1. The lowest BCUT2D eigenvalue weighted by molar-refractivity contribution is 0.102. The van der Waals surface area contributed by atoms with E-state index in [1.807, 2.05) is 31.2 Å². The molecule has 6 heteroatoms. The maximum Gasteiger partial charge on any atom is 0.274 e. The molecule has 144 valence electrons. The van der Waals surface area contributed by atoms with Crippen molar-refractivity contribution in [3.63, 3.8) is 0 Å². The van der Waals surface area contributed by atoms with E-state index in [9.17, 15) is 9.18 Å². The first-order valence-electron chi connectivity index (χ1n) is 9.28. The van der Waals surface area contributed by atoms with Gasteiger partial charge in [-0.1, -0.05) is 37.3 Å². The first-order chi connectivity index (χ1) is 13.5. The molecule has 2 aromatic carbocycles. The molecule has 0 saturated heterocycles. The van der Waals surface area contributed by atoms with Crippen LogP contribution in [0.25, 0.3) is 0 Å². The second-order valence-corrected chi connectivity index (χ2v) is 6.45. The molecule has 0 bridgehead atoms. The Hall–Kier alpha value is -3.28. The summed E-state index contributed by atoms with van der Waals surface area (Å²) in [5.74, 6) is 0.584. The van der Waals surface area contributed by atoms with Gasteiger partial charge in [0, 0.05) is 18.3 Å². The number of aromatic nitrogens is 2. The highest BCUT2D eigenvalue weighted by molar-refractivity contribution is 6.03. The maximum atomic E-state index is 13.0. The number of carbonyl (C=O) groups is 1. The van der Waals surface area contributed by atoms with Crippen LogP contribution in [0.15, 0.2) is 54.6 Å². The summed E-state index contributed by atoms with van der Waals surface area (Å²) in [5.41, 5.74) is 3.19. The predicted octanol–water partition coefficient (Wildman–Crippen LogP) is 4.39. The average molecular weight is 378 g/mol. The third-order valence-corrected chi connectivity index (χ3v) is 4.35. The smallest absolute Gasteiger partial charge is 0.274 e. The number of hydrogen-bond donors (Lipinski definition) is 2. The zero-order valence-electron chi connectivity index (χ0n) is 16.0. The van der Waals surface area contributed by atoms with Crippen LogP contribution in [0.2, 0.25) is 0 Å². The van der Waals surface area contributed by atoms with Gasteiger partial charge in [0.1, 0.15) is 23.2 Å². The number of aryl methyl sites for hydroxylation is 2. The number of para-hydroxylation sites is 1. The van der Waals surface area contributed by atoms with Gasteiger partial charge >= 0.3 is 0 Å². The fraction of sp³-hybridized carbons (Fsp3) is 0.227. The molecule has 3 aromatic rings. The van der Waals surface area contributed by atoms with E-state index in [0.717, 1.165) is 23.2 Å². The summed E-state index contributed by atoms with van der Waals surface area (Å²) in [5, 5.41) is 6.13. The number of nitrogens with zero attached hydrogens (tertiary/aromatic N) is 2. The van der Waals surface area contributed by atoms with Crippen molar-refractivity contribution in [3.05, 3.63) is 83.1 Å². The molecule has 0 atom stereocenters. The molecule has 5 nitrogen and oxygen atoms in total. The number of anilines is 2. The molecule has 0 aliphatic rings. The van der Waals surface area contributed by atoms with Crippen LogP contribution in [0.1, 0.15) is 34.4 Å². The van der Waals surface area contributed by atoms with Crippen LogP contribution in [0, 0.1) is 12.7 Å². The van der Waals surface area contributed by atoms with Gasteiger partial charge in [-0.2, -0.15) is 0 Å². The van der Waals surface area contributed by atoms with E-state index < -0.39 is 0 Å². The number of nitrogens with one attached hydrogen (secondary N) is 2. The normalized spacial score (nSPS) is 10.5. The lowest BCUT2D eigenvalue weighted by Gasteiger charge is -2.11. The van der Waals surface area contributed by atoms with Gasteiger partial charge in [0.25, 0.3) is 5.91 Å². The minimum atomic E-state index is -0.270. The number of halogens is 1. The van der Waals surface area contributed by atoms with E-state index in [2.05, 4.69) is 20.6 Å². The second-order valence-electron chi connectivity index (χ2n) is 6.45. The Labute approximate surface area is 164 Å². The van der Waals surface area contributed by atoms with Crippen LogP contribution >= 0.6 is 0 Å². The van der Waals surface area contributed by atoms with Crippen molar-refractivity contribution in [3.8, 4) is 0 Å². The lowest BCUT2D eigenvalue weighted by atomic mass is 10.1. The van der Waals surface area contributed by atoms with E-state index in [-0.39, 0.29) is 11.7 Å². The quantitative estimate of drug-likeness (QED) is 0.640. The van der Waals surface area contributed by atoms with Crippen molar-refractivity contribution in [1.29, 1.82) is 0 Å². The third-order valence-electron chi connectivity index (χ3n) is 4.35. The molecule has 0 saturated carbocycles. The summed E-state index contributed by atoms with van der Waals surface area (Å²) in [7, 11) is 0. The highest BCUT2D eigenvalue weighted by Crippen LogP contribution is 2.17. The summed E-state index contributed by atoms with van der Waals surface area (Å²) in [6.07, 6.45) is 1.55. The van der Waals surface area contributed by atoms with Crippen molar-refractivity contribution in [1.82, 2.24) is 9.97 Å². The van der Waals surface area contributed by atoms with Gasteiger partial charge in [-0.15, -0.1) is 0 Å². The topological polar surface area (TPSA) is 66.9 Å². The van der Waals surface area contributed by atoms with E-state index in [1.54, 1.807) is 25.1 Å². The minimum absolute atomic E-state index is 0.247. The summed E-state index contributed by atoms with van der Waals surface area (Å²) < 4.78 is 13.0. The standard InChI is InChI=1S/C22H23FN4O/c1-3-17-6-4-5-7-19(17)27-22(28)20-14-21(26-15(2)25-20)24-13-12-16-8-10-18(23)11-9-16/h4-11,14H,3,12-13H2,1-2H3,(H,27,28)(H,24,25,26). The molecule has 0 spiro atoms. The Balaban J connectivity index is 1.66. The predicted molar refractivity (Wildman–Crippen MR) is 109 cm³/mol. The van der Waals surface area contributed by atoms with Crippen molar-refractivity contribution in [2.75, 3.05) is 17.2 Å². The molecular formula is C22H23FN4O. The fourth-order valence-corrected chi connectivity index (χ4v) is 2.90. The Morgan fingerprint density at radius 1 is 1.07 bits per heavy atom. The van der Waals surface area contributed by atoms with Gasteiger partial charge in [0.2, 0.25) is 0 Å². The number of benzene rings is 2. The molecule has 0 aliphatic heterocycles. The molecule has 3 rings (SSSR count). The summed E-state index contributed by atoms with van der Waals surface area (Å²) in [4.78, 5) is 21.2. The van der Waals surface area contributed by atoms with Gasteiger partial charge in [0.15, 0.2) is 0 Å². The van der Waals surface area contributed by atoms with Gasteiger partial charge < -0.3 is 10.6 Å². The number of amides is 1. The Kier molecular flexibility index (Phi) is 6.32. The van der Waals surface area contributed by atoms with Crippen molar-refractivity contribution in [2.45, 2.75) is 26.7 Å². The summed E-state index contributed by atoms with van der Waals surface area (Å²) in [6, 6.07) is 15.8. The molecule has 0 aliphatic carbocycles. The fourth-order valence-electron chi connectivity index (χ4n) is 2.90. The first kappa shape index (κ1) is 19.5. The van der Waals surface area contributed by atoms with Gasteiger partial charge in [-0.3, -0.25) is 4.79 Å². The monoisotopic (exact) mass is 378 g/mol. The van der Waals surface area contributed by atoms with Gasteiger partial charge in [-0.05, 0) is 49.1 Å². The van der Waals surface area contributed by atoms with Crippen LogP contribution in [-0.2, 0) is 12.8 Å². The van der Waals surface area contributed by atoms with Gasteiger partial charge in [-0.25, -0.2) is 14.4 Å². The zero-order chi connectivity index (χ0) is 19.9. The molecule has 2 N–H and O–H groups in total. The Bertz CT molecular complexity index is 957. The molecule has 0 radical (unpaired) electrons. The first-order valence-corrected chi connectivity index (χ1v) is 9.28. The van der Waals surface area contributed by atoms with Crippen molar-refractivity contribution >= 4 is 17.4 Å². The van der Waals surface area contributed by atoms with Crippen LogP contribution in [0.4, 0.5) is 15.9 Å². The summed E-state index contributed by atoms with van der Waals surface area (Å²) in [6.45, 7) is 4.41. The number of rotatable bonds is 7. The second kappa shape index (κ2) is 9.08. The Morgan fingerprint density at radius 3 is 2.57 bits per heavy atom. The van der Waals surface area contributed by atoms with Crippen molar-refractivity contribution in [2.24, 2.45) is 0 Å². The zero-order valence-corrected chi connectivity index (χ0v) is 16.0. The maximum absolute atomic E-state index is 13.0. The highest BCUT2D eigenvalue weighted by Gasteiger charge is 2.12. The van der Waals surface area contributed by atoms with Crippen LogP contribution in [0.3, 0.4) is 0 Å². The number of hydrogen-bond acceptors (Lipinski definition) is 4. The van der Waals surface area contributed by atoms with E-state index >= 15 is 0 Å². The highest BCUT2D eigenvalue weighted by atomic mass is 19.1. The molecule has 0 fully saturated rings. The van der Waals surface area contributed by atoms with Crippen LogP contribution in [-0.4, -0.2) is 22.4 Å². The lowest BCUT2D eigenvalue weighted by Crippen LogP contribution is -2.17. The Morgan fingerprint density at radius 2 is 1.82 bits per heavy atom. The van der Waals surface area contributed by atoms with Gasteiger partial charge in [0.05, 0.1) is 0 Å². The largest absolute Gasteiger partial charge is 0.370 e. The molecule has 1 amide bonds. The molecule has 28 heavy (non-hydrogen) atoms. The van der Waals surface area contributed by atoms with Crippen LogP contribution < -0.4 is 10.6 Å². The van der Waals surface area contributed by atoms with E-state index in [1.165, 1.54) is 12.1 Å². The molecule has 1 heterocycles. The van der Waals surface area contributed by atoms with Crippen molar-refractivity contribution < 1.29 is 9.18 Å². The van der Waals surface area contributed by atoms with E-state index in [4.69, 9.17) is 0 Å². The summed E-state index contributed by atoms with van der Waals surface area (Å²) >= 11 is 0. The third kappa shape index (κ3) is 5.13. The minimum Gasteiger partial charge on any atom is -0.370 e. The molecule has 1 aromatic heterocycles. The van der Waals surface area contributed by atoms with E-state index in [0.29, 0.717) is 30.3 Å². The molecule has 0 unspecified atom stereocenters.